The summed E-state index contributed by atoms with van der Waals surface area (Å²) in [7, 11) is 1.43. The molecule has 10 heteroatoms. The number of benzene rings is 2. The zero-order chi connectivity index (χ0) is 23.0. The number of aromatic nitrogens is 1. The van der Waals surface area contributed by atoms with Crippen molar-refractivity contribution in [2.75, 3.05) is 7.11 Å². The number of hydrogen-bond acceptors (Lipinski definition) is 7. The molecule has 2 heterocycles. The Kier molecular flexibility index (Phi) is 5.21. The third-order valence-corrected chi connectivity index (χ3v) is 5.15. The number of para-hydroxylation sites is 1. The van der Waals surface area contributed by atoms with E-state index in [1.807, 2.05) is 0 Å². The predicted molar refractivity (Wildman–Crippen MR) is 115 cm³/mol. The number of rotatable bonds is 5. The summed E-state index contributed by atoms with van der Waals surface area (Å²) in [6, 6.07) is 14.0. The minimum absolute atomic E-state index is 0.0166. The van der Waals surface area contributed by atoms with Crippen molar-refractivity contribution >= 4 is 28.4 Å². The van der Waals surface area contributed by atoms with Crippen LogP contribution in [0.1, 0.15) is 26.6 Å². The van der Waals surface area contributed by atoms with Gasteiger partial charge >= 0.3 is 0 Å². The van der Waals surface area contributed by atoms with Gasteiger partial charge in [-0.1, -0.05) is 18.2 Å². The summed E-state index contributed by atoms with van der Waals surface area (Å²) in [5.41, 5.74) is 3.48. The zero-order valence-electron chi connectivity index (χ0n) is 17.1. The van der Waals surface area contributed by atoms with Gasteiger partial charge in [0.1, 0.15) is 11.5 Å². The Morgan fingerprint density at radius 2 is 1.91 bits per heavy atom. The topological polar surface area (TPSA) is 143 Å². The highest BCUT2D eigenvalue weighted by molar-refractivity contribution is 6.12. The summed E-state index contributed by atoms with van der Waals surface area (Å²) < 4.78 is 12.4. The second-order valence-electron chi connectivity index (χ2n) is 6.90. The Balaban J connectivity index is 1.82. The lowest BCUT2D eigenvalue weighted by atomic mass is 10.1. The SMILES string of the molecule is COc1ccc([N+](=O)[O-])cc1-c1ccc(C(=O)n2c(C)c(C(=O)NN)c3ccccc32)o1. The van der Waals surface area contributed by atoms with Gasteiger partial charge in [-0.2, -0.15) is 0 Å². The fourth-order valence-electron chi connectivity index (χ4n) is 3.70. The van der Waals surface area contributed by atoms with Crippen LogP contribution >= 0.6 is 0 Å². The van der Waals surface area contributed by atoms with E-state index in [0.29, 0.717) is 27.9 Å². The number of hydrazine groups is 1. The Morgan fingerprint density at radius 3 is 2.59 bits per heavy atom. The van der Waals surface area contributed by atoms with E-state index in [0.717, 1.165) is 0 Å². The van der Waals surface area contributed by atoms with Crippen molar-refractivity contribution in [3.8, 4) is 17.1 Å². The number of methoxy groups -OCH3 is 1. The van der Waals surface area contributed by atoms with Crippen LogP contribution in [0.15, 0.2) is 59.0 Å². The van der Waals surface area contributed by atoms with Crippen molar-refractivity contribution in [2.24, 2.45) is 5.84 Å². The zero-order valence-corrected chi connectivity index (χ0v) is 17.1. The highest BCUT2D eigenvalue weighted by atomic mass is 16.6. The molecule has 162 valence electrons. The number of hydrogen-bond donors (Lipinski definition) is 2. The fraction of sp³-hybridized carbons (Fsp3) is 0.0909. The smallest absolute Gasteiger partial charge is 0.298 e. The van der Waals surface area contributed by atoms with Crippen molar-refractivity contribution in [3.63, 3.8) is 0 Å². The Morgan fingerprint density at radius 1 is 1.16 bits per heavy atom. The quantitative estimate of drug-likeness (QED) is 0.212. The van der Waals surface area contributed by atoms with E-state index in [4.69, 9.17) is 15.0 Å². The van der Waals surface area contributed by atoms with E-state index >= 15 is 0 Å². The largest absolute Gasteiger partial charge is 0.496 e. The van der Waals surface area contributed by atoms with E-state index < -0.39 is 16.7 Å². The third kappa shape index (κ3) is 3.28. The summed E-state index contributed by atoms with van der Waals surface area (Å²) in [5, 5.41) is 11.7. The van der Waals surface area contributed by atoms with Gasteiger partial charge in [-0.05, 0) is 31.2 Å². The lowest BCUT2D eigenvalue weighted by Crippen LogP contribution is -2.30. The lowest BCUT2D eigenvalue weighted by Gasteiger charge is -2.07. The average Bonchev–Trinajstić information content (AvgIpc) is 3.40. The summed E-state index contributed by atoms with van der Waals surface area (Å²) in [5.74, 6) is 4.85. The van der Waals surface area contributed by atoms with Gasteiger partial charge in [-0.3, -0.25) is 29.7 Å². The minimum Gasteiger partial charge on any atom is -0.496 e. The second-order valence-corrected chi connectivity index (χ2v) is 6.90. The maximum atomic E-state index is 13.3. The molecule has 4 rings (SSSR count). The van der Waals surface area contributed by atoms with Crippen molar-refractivity contribution in [1.82, 2.24) is 9.99 Å². The van der Waals surface area contributed by atoms with Crippen LogP contribution in [0.3, 0.4) is 0 Å². The molecule has 0 unspecified atom stereocenters. The standard InChI is InChI=1S/C22H18N4O6/c1-12-20(21(27)24-23)14-5-3-4-6-16(14)25(12)22(28)19-10-9-18(32-19)15-11-13(26(29)30)7-8-17(15)31-2/h3-11H,23H2,1-2H3,(H,24,27). The highest BCUT2D eigenvalue weighted by Crippen LogP contribution is 2.35. The summed E-state index contributed by atoms with van der Waals surface area (Å²) in [4.78, 5) is 36.3. The molecule has 0 aliphatic heterocycles. The number of nitrogen functional groups attached to an aromatic ring is 1. The molecule has 3 N–H and O–H groups in total. The van der Waals surface area contributed by atoms with Crippen LogP contribution in [0.4, 0.5) is 5.69 Å². The first kappa shape index (κ1) is 20.8. The molecule has 10 nitrogen and oxygen atoms in total. The first-order valence-corrected chi connectivity index (χ1v) is 9.45. The Labute approximate surface area is 181 Å². The van der Waals surface area contributed by atoms with Crippen molar-refractivity contribution < 1.29 is 23.7 Å². The molecule has 0 saturated carbocycles. The fourth-order valence-corrected chi connectivity index (χ4v) is 3.70. The number of nitrogens with one attached hydrogen (secondary N) is 1. The molecule has 0 spiro atoms. The molecule has 0 radical (unpaired) electrons. The number of ether oxygens (including phenoxy) is 1. The normalized spacial score (nSPS) is 10.8. The molecule has 0 aliphatic rings. The van der Waals surface area contributed by atoms with Gasteiger partial charge in [-0.15, -0.1) is 0 Å². The first-order chi connectivity index (χ1) is 15.4. The van der Waals surface area contributed by atoms with E-state index in [-0.39, 0.29) is 22.8 Å². The highest BCUT2D eigenvalue weighted by Gasteiger charge is 2.25. The monoisotopic (exact) mass is 434 g/mol. The number of nitro groups is 1. The molecule has 2 aromatic carbocycles. The van der Waals surface area contributed by atoms with Crippen molar-refractivity contribution in [3.05, 3.63) is 81.7 Å². The molecule has 0 saturated heterocycles. The van der Waals surface area contributed by atoms with E-state index in [1.54, 1.807) is 31.2 Å². The molecule has 2 aromatic heterocycles. The summed E-state index contributed by atoms with van der Waals surface area (Å²) >= 11 is 0. The maximum absolute atomic E-state index is 13.3. The minimum atomic E-state index is -0.530. The van der Waals surface area contributed by atoms with Crippen LogP contribution in [-0.2, 0) is 0 Å². The van der Waals surface area contributed by atoms with Gasteiger partial charge in [-0.25, -0.2) is 5.84 Å². The van der Waals surface area contributed by atoms with Gasteiger partial charge in [0, 0.05) is 23.2 Å². The molecule has 32 heavy (non-hydrogen) atoms. The van der Waals surface area contributed by atoms with Crippen molar-refractivity contribution in [2.45, 2.75) is 6.92 Å². The maximum Gasteiger partial charge on any atom is 0.298 e. The number of fused-ring (bicyclic) bond motifs is 1. The number of furan rings is 1. The Hall–Kier alpha value is -4.44. The number of nitrogens with two attached hydrogens (primary N) is 1. The van der Waals surface area contributed by atoms with Crippen LogP contribution in [0.5, 0.6) is 5.75 Å². The predicted octanol–water partition coefficient (Wildman–Crippen LogP) is 3.42. The third-order valence-electron chi connectivity index (χ3n) is 5.15. The number of carbonyl (C=O) groups excluding carboxylic acids is 2. The van der Waals surface area contributed by atoms with Gasteiger partial charge in [0.05, 0.1) is 28.7 Å². The van der Waals surface area contributed by atoms with Crippen LogP contribution in [-0.4, -0.2) is 28.4 Å². The van der Waals surface area contributed by atoms with E-state index in [1.165, 1.54) is 42.0 Å². The second kappa shape index (κ2) is 8.00. The summed E-state index contributed by atoms with van der Waals surface area (Å²) in [6.45, 7) is 1.63. The molecule has 4 aromatic rings. The number of nitrogens with zero attached hydrogens (tertiary/aromatic N) is 2. The molecule has 0 fully saturated rings. The van der Waals surface area contributed by atoms with Crippen LogP contribution < -0.4 is 16.0 Å². The number of amides is 1. The van der Waals surface area contributed by atoms with Gasteiger partial charge in [0.25, 0.3) is 17.5 Å². The lowest BCUT2D eigenvalue weighted by molar-refractivity contribution is -0.384. The van der Waals surface area contributed by atoms with Gasteiger partial charge < -0.3 is 9.15 Å². The summed E-state index contributed by atoms with van der Waals surface area (Å²) in [6.07, 6.45) is 0. The van der Waals surface area contributed by atoms with Gasteiger partial charge in [0.2, 0.25) is 0 Å². The number of non-ortho nitro benzene ring substituents is 1. The van der Waals surface area contributed by atoms with Crippen LogP contribution in [0.25, 0.3) is 22.2 Å². The van der Waals surface area contributed by atoms with E-state index in [2.05, 4.69) is 5.43 Å². The number of nitro benzene ring substituents is 1. The van der Waals surface area contributed by atoms with Crippen LogP contribution in [0.2, 0.25) is 0 Å². The molecule has 0 atom stereocenters. The molecule has 1 amide bonds. The van der Waals surface area contributed by atoms with E-state index in [9.17, 15) is 19.7 Å². The molecule has 0 bridgehead atoms. The molecular weight excluding hydrogens is 416 g/mol. The molecule has 0 aliphatic carbocycles. The first-order valence-electron chi connectivity index (χ1n) is 9.45. The number of carbonyl (C=O) groups is 2. The average molecular weight is 434 g/mol. The van der Waals surface area contributed by atoms with Crippen molar-refractivity contribution in [1.29, 1.82) is 0 Å². The molecular formula is C22H18N4O6. The van der Waals surface area contributed by atoms with Gasteiger partial charge in [0.15, 0.2) is 5.76 Å². The Bertz CT molecular complexity index is 1380. The van der Waals surface area contributed by atoms with Crippen LogP contribution in [0, 0.1) is 17.0 Å².